The van der Waals surface area contributed by atoms with Gasteiger partial charge >= 0.3 is 0 Å². The number of aryl methyl sites for hydroxylation is 1. The Morgan fingerprint density at radius 2 is 2.08 bits per heavy atom. The summed E-state index contributed by atoms with van der Waals surface area (Å²) in [6.07, 6.45) is 9.61. The van der Waals surface area contributed by atoms with Gasteiger partial charge in [0.2, 0.25) is 0 Å². The average molecular weight is 458 g/mol. The summed E-state index contributed by atoms with van der Waals surface area (Å²) in [5.74, 6) is 1.24. The second kappa shape index (κ2) is 7.82. The van der Waals surface area contributed by atoms with Crippen LogP contribution in [0.15, 0.2) is 17.3 Å². The van der Waals surface area contributed by atoms with Crippen LogP contribution in [0.5, 0.6) is 0 Å². The summed E-state index contributed by atoms with van der Waals surface area (Å²) in [5.41, 5.74) is 7.55. The summed E-state index contributed by atoms with van der Waals surface area (Å²) in [4.78, 5) is 9.64. The van der Waals surface area contributed by atoms with Crippen LogP contribution in [-0.2, 0) is 7.05 Å². The van der Waals surface area contributed by atoms with Gasteiger partial charge in [-0.2, -0.15) is 5.10 Å². The summed E-state index contributed by atoms with van der Waals surface area (Å²) in [7, 11) is 4.14. The Bertz CT molecular complexity index is 606. The maximum absolute atomic E-state index is 6.22. The summed E-state index contributed by atoms with van der Waals surface area (Å²) in [6.45, 7) is 2.03. The number of nitrogens with two attached hydrogens (primary N) is 1. The molecule has 6 nitrogen and oxygen atoms in total. The van der Waals surface area contributed by atoms with E-state index in [1.165, 1.54) is 50.8 Å². The van der Waals surface area contributed by atoms with Gasteiger partial charge in [-0.25, -0.2) is 0 Å². The second-order valence-corrected chi connectivity index (χ2v) is 7.74. The number of rotatable bonds is 5. The number of hydrogen-bond donors (Lipinski definition) is 1. The van der Waals surface area contributed by atoms with Gasteiger partial charge in [0.15, 0.2) is 5.96 Å². The van der Waals surface area contributed by atoms with Gasteiger partial charge < -0.3 is 10.6 Å². The van der Waals surface area contributed by atoms with Crippen molar-refractivity contribution in [3.05, 3.63) is 18.0 Å². The summed E-state index contributed by atoms with van der Waals surface area (Å²) in [6, 6.07) is 4.00. The lowest BCUT2D eigenvalue weighted by Crippen LogP contribution is -2.43. The lowest BCUT2D eigenvalue weighted by Gasteiger charge is -2.41. The number of halogens is 1. The molecule has 3 aliphatic rings. The van der Waals surface area contributed by atoms with Crippen LogP contribution in [0.1, 0.15) is 50.3 Å². The molecule has 0 bridgehead atoms. The Morgan fingerprint density at radius 1 is 1.32 bits per heavy atom. The Morgan fingerprint density at radius 3 is 2.68 bits per heavy atom. The summed E-state index contributed by atoms with van der Waals surface area (Å²) >= 11 is 0. The van der Waals surface area contributed by atoms with Crippen molar-refractivity contribution in [2.75, 3.05) is 20.1 Å². The zero-order valence-corrected chi connectivity index (χ0v) is 17.7. The van der Waals surface area contributed by atoms with Crippen molar-refractivity contribution in [3.8, 4) is 0 Å². The van der Waals surface area contributed by atoms with E-state index in [0.29, 0.717) is 24.0 Å². The minimum atomic E-state index is 0. The number of nitrogens with zero attached hydrogens (tertiary/aromatic N) is 5. The maximum atomic E-state index is 6.22. The van der Waals surface area contributed by atoms with Crippen molar-refractivity contribution in [2.24, 2.45) is 23.7 Å². The fraction of sp³-hybridized carbons (Fsp3) is 0.778. The van der Waals surface area contributed by atoms with Crippen molar-refractivity contribution in [1.82, 2.24) is 19.6 Å². The fourth-order valence-corrected chi connectivity index (χ4v) is 4.17. The van der Waals surface area contributed by atoms with Gasteiger partial charge in [0.25, 0.3) is 0 Å². The van der Waals surface area contributed by atoms with E-state index in [1.54, 1.807) is 0 Å². The van der Waals surface area contributed by atoms with Gasteiger partial charge in [0.05, 0.1) is 11.7 Å². The highest BCUT2D eigenvalue weighted by Gasteiger charge is 2.41. The molecule has 0 unspecified atom stereocenters. The molecule has 1 aromatic rings. The predicted octanol–water partition coefficient (Wildman–Crippen LogP) is 2.36. The molecule has 1 aliphatic heterocycles. The molecule has 1 saturated heterocycles. The molecule has 25 heavy (non-hydrogen) atoms. The van der Waals surface area contributed by atoms with Gasteiger partial charge in [0.1, 0.15) is 0 Å². The van der Waals surface area contributed by atoms with Crippen molar-refractivity contribution in [2.45, 2.75) is 56.7 Å². The highest BCUT2D eigenvalue weighted by Crippen LogP contribution is 2.42. The van der Waals surface area contributed by atoms with Gasteiger partial charge in [-0.3, -0.25) is 14.6 Å². The first-order valence-corrected chi connectivity index (χ1v) is 9.41. The molecule has 3 fully saturated rings. The Hall–Kier alpha value is -0.830. The number of guanidine groups is 1. The second-order valence-electron chi connectivity index (χ2n) is 7.74. The molecule has 2 aliphatic carbocycles. The molecule has 2 saturated carbocycles. The number of aliphatic imine (C=N–C) groups is 1. The molecule has 140 valence electrons. The fourth-order valence-electron chi connectivity index (χ4n) is 4.17. The number of piperidine rings is 1. The molecule has 0 amide bonds. The highest BCUT2D eigenvalue weighted by molar-refractivity contribution is 14.0. The topological polar surface area (TPSA) is 62.7 Å². The molecule has 2 atom stereocenters. The van der Waals surface area contributed by atoms with E-state index in [2.05, 4.69) is 35.1 Å². The van der Waals surface area contributed by atoms with Crippen LogP contribution >= 0.6 is 24.0 Å². The minimum Gasteiger partial charge on any atom is -0.370 e. The van der Waals surface area contributed by atoms with Crippen LogP contribution in [0.3, 0.4) is 0 Å². The minimum absolute atomic E-state index is 0. The van der Waals surface area contributed by atoms with Crippen LogP contribution in [0.25, 0.3) is 0 Å². The monoisotopic (exact) mass is 458 g/mol. The predicted molar refractivity (Wildman–Crippen MR) is 111 cm³/mol. The third kappa shape index (κ3) is 4.13. The first-order chi connectivity index (χ1) is 11.6. The van der Waals surface area contributed by atoms with E-state index in [1.807, 2.05) is 10.9 Å². The van der Waals surface area contributed by atoms with Crippen LogP contribution in [-0.4, -0.2) is 57.8 Å². The molecule has 4 rings (SSSR count). The first kappa shape index (κ1) is 18.9. The van der Waals surface area contributed by atoms with E-state index in [4.69, 9.17) is 10.7 Å². The molecule has 0 spiro atoms. The number of aromatic nitrogens is 2. The summed E-state index contributed by atoms with van der Waals surface area (Å²) in [5, 5.41) is 4.42. The maximum Gasteiger partial charge on any atom is 0.191 e. The average Bonchev–Trinajstić information content (AvgIpc) is 3.50. The van der Waals surface area contributed by atoms with E-state index < -0.39 is 0 Å². The van der Waals surface area contributed by atoms with Gasteiger partial charge in [-0.1, -0.05) is 0 Å². The van der Waals surface area contributed by atoms with Crippen LogP contribution in [0, 0.1) is 5.92 Å². The zero-order valence-electron chi connectivity index (χ0n) is 15.3. The smallest absolute Gasteiger partial charge is 0.191 e. The highest BCUT2D eigenvalue weighted by atomic mass is 127. The Balaban J connectivity index is 0.00000182. The van der Waals surface area contributed by atoms with Crippen LogP contribution < -0.4 is 5.73 Å². The number of likely N-dealkylation sites (tertiary alicyclic amines) is 1. The molecular formula is C18H31IN6. The molecule has 7 heteroatoms. The largest absolute Gasteiger partial charge is 0.370 e. The SMILES string of the molecule is CN(C(N)=NC[C@@H]1CCCN(C2CC2)[C@H]1c1ccnn1C)C1CC1.I. The molecule has 2 heterocycles. The third-order valence-corrected chi connectivity index (χ3v) is 5.92. The standard InChI is InChI=1S/C18H30N6.HI/c1-22(14-5-6-14)18(19)20-12-13-4-3-11-24(15-7-8-15)17(13)16-9-10-21-23(16)2;/h9-10,13-15,17H,3-8,11-12H2,1-2H3,(H2,19,20);1H/t13-,17+;/m0./s1. The van der Waals surface area contributed by atoms with E-state index in [9.17, 15) is 0 Å². The molecule has 2 N–H and O–H groups in total. The van der Waals surface area contributed by atoms with Crippen LogP contribution in [0.4, 0.5) is 0 Å². The lowest BCUT2D eigenvalue weighted by molar-refractivity contribution is 0.0823. The van der Waals surface area contributed by atoms with Gasteiger partial charge in [0, 0.05) is 38.9 Å². The third-order valence-electron chi connectivity index (χ3n) is 5.92. The Labute approximate surface area is 167 Å². The number of hydrogen-bond acceptors (Lipinski definition) is 3. The molecule has 1 aromatic heterocycles. The normalized spacial score (nSPS) is 27.8. The van der Waals surface area contributed by atoms with Crippen molar-refractivity contribution in [3.63, 3.8) is 0 Å². The quantitative estimate of drug-likeness (QED) is 0.418. The molecule has 0 aromatic carbocycles. The first-order valence-electron chi connectivity index (χ1n) is 9.41. The van der Waals surface area contributed by atoms with Crippen molar-refractivity contribution >= 4 is 29.9 Å². The summed E-state index contributed by atoms with van der Waals surface area (Å²) < 4.78 is 2.04. The Kier molecular flexibility index (Phi) is 5.92. The van der Waals surface area contributed by atoms with E-state index in [-0.39, 0.29) is 24.0 Å². The lowest BCUT2D eigenvalue weighted by atomic mass is 9.86. The van der Waals surface area contributed by atoms with E-state index >= 15 is 0 Å². The molecular weight excluding hydrogens is 427 g/mol. The molecule has 0 radical (unpaired) electrons. The zero-order chi connectivity index (χ0) is 16.7. The van der Waals surface area contributed by atoms with Crippen molar-refractivity contribution in [1.29, 1.82) is 0 Å². The van der Waals surface area contributed by atoms with Crippen molar-refractivity contribution < 1.29 is 0 Å². The van der Waals surface area contributed by atoms with E-state index in [0.717, 1.165) is 12.6 Å². The van der Waals surface area contributed by atoms with Gasteiger partial charge in [-0.05, 0) is 57.1 Å². The van der Waals surface area contributed by atoms with Gasteiger partial charge in [-0.15, -0.1) is 24.0 Å². The van der Waals surface area contributed by atoms with Crippen LogP contribution in [0.2, 0.25) is 0 Å².